The minimum Gasteiger partial charge on any atom is -0.313 e. The number of hydrogen-bond acceptors (Lipinski definition) is 1. The third kappa shape index (κ3) is 3.52. The van der Waals surface area contributed by atoms with Crippen LogP contribution < -0.4 is 15.3 Å². The van der Waals surface area contributed by atoms with E-state index in [1.165, 1.54) is 77.0 Å². The second-order valence-corrected chi connectivity index (χ2v) is 14.6. The molecule has 0 aromatic heterocycles. The average Bonchev–Trinajstić information content (AvgIpc) is 2.65. The molecular weight excluding hydrogens is 401 g/mol. The van der Waals surface area contributed by atoms with E-state index in [4.69, 9.17) is 0 Å². The van der Waals surface area contributed by atoms with E-state index >= 15 is 0 Å². The number of benzene rings is 1. The number of para-hydroxylation sites is 1. The van der Waals surface area contributed by atoms with E-state index in [9.17, 15) is 4.57 Å². The van der Waals surface area contributed by atoms with Gasteiger partial charge in [0.05, 0.1) is 0 Å². The Kier molecular flexibility index (Phi) is 4.33. The summed E-state index contributed by atoms with van der Waals surface area (Å²) in [4.78, 5) is 0. The first kappa shape index (κ1) is 19.6. The first-order valence-electron chi connectivity index (χ1n) is 13.0. The van der Waals surface area contributed by atoms with Gasteiger partial charge in [0, 0.05) is 16.8 Å². The lowest BCUT2D eigenvalue weighted by molar-refractivity contribution is -0.0146. The lowest BCUT2D eigenvalue weighted by Crippen LogP contribution is -2.62. The van der Waals surface area contributed by atoms with Crippen molar-refractivity contribution in [2.45, 2.75) is 88.1 Å². The van der Waals surface area contributed by atoms with Crippen molar-refractivity contribution < 1.29 is 4.57 Å². The van der Waals surface area contributed by atoms with Gasteiger partial charge in [-0.05, 0) is 125 Å². The molecule has 5 heteroatoms. The Hall–Kier alpha value is -0.830. The summed E-state index contributed by atoms with van der Waals surface area (Å²) < 4.78 is 14.8. The lowest BCUT2D eigenvalue weighted by atomic mass is 9.53. The minimum atomic E-state index is -2.99. The van der Waals surface area contributed by atoms with Crippen LogP contribution in [-0.2, 0) is 4.57 Å². The highest BCUT2D eigenvalue weighted by Crippen LogP contribution is 2.61. The van der Waals surface area contributed by atoms with Gasteiger partial charge in [0.2, 0.25) is 0 Å². The summed E-state index contributed by atoms with van der Waals surface area (Å²) in [6, 6.07) is 10.3. The SMILES string of the molecule is O=P(Nc1ccccc1)(NC12CC3CC(CC(C3)C1)C2)NC12CC3CC(CC(C3)C1)C2. The van der Waals surface area contributed by atoms with Crippen molar-refractivity contribution >= 4 is 13.3 Å². The quantitative estimate of drug-likeness (QED) is 0.454. The van der Waals surface area contributed by atoms with Crippen molar-refractivity contribution in [3.63, 3.8) is 0 Å². The Morgan fingerprint density at radius 3 is 1.32 bits per heavy atom. The molecule has 0 spiro atoms. The Balaban J connectivity index is 1.20. The number of anilines is 1. The van der Waals surface area contributed by atoms with Crippen molar-refractivity contribution in [2.75, 3.05) is 5.09 Å². The highest BCUT2D eigenvalue weighted by Gasteiger charge is 2.56. The van der Waals surface area contributed by atoms with Gasteiger partial charge in [0.15, 0.2) is 0 Å². The van der Waals surface area contributed by atoms with Gasteiger partial charge in [0.1, 0.15) is 0 Å². The smallest absolute Gasteiger partial charge is 0.304 e. The zero-order valence-electron chi connectivity index (χ0n) is 18.7. The van der Waals surface area contributed by atoms with Crippen LogP contribution in [0.4, 0.5) is 5.69 Å². The molecule has 1 aromatic rings. The molecule has 168 valence electrons. The molecule has 0 atom stereocenters. The maximum atomic E-state index is 14.8. The van der Waals surface area contributed by atoms with Crippen LogP contribution in [0.1, 0.15) is 77.0 Å². The highest BCUT2D eigenvalue weighted by molar-refractivity contribution is 7.61. The first-order valence-corrected chi connectivity index (χ1v) is 14.7. The molecule has 31 heavy (non-hydrogen) atoms. The van der Waals surface area contributed by atoms with E-state index in [0.29, 0.717) is 0 Å². The third-order valence-electron chi connectivity index (χ3n) is 9.93. The summed E-state index contributed by atoms with van der Waals surface area (Å²) in [5.74, 6) is 5.10. The summed E-state index contributed by atoms with van der Waals surface area (Å²) in [7, 11) is -2.99. The van der Waals surface area contributed by atoms with Crippen LogP contribution in [-0.4, -0.2) is 11.1 Å². The van der Waals surface area contributed by atoms with Crippen molar-refractivity contribution in [2.24, 2.45) is 35.5 Å². The molecule has 0 amide bonds. The van der Waals surface area contributed by atoms with Gasteiger partial charge in [-0.1, -0.05) is 18.2 Å². The van der Waals surface area contributed by atoms with Crippen molar-refractivity contribution in [1.82, 2.24) is 10.2 Å². The summed E-state index contributed by atoms with van der Waals surface area (Å²) in [6.45, 7) is 0. The fourth-order valence-corrected chi connectivity index (χ4v) is 12.5. The summed E-state index contributed by atoms with van der Waals surface area (Å²) in [6.07, 6.45) is 15.8. The van der Waals surface area contributed by atoms with Gasteiger partial charge < -0.3 is 5.09 Å². The predicted molar refractivity (Wildman–Crippen MR) is 126 cm³/mol. The van der Waals surface area contributed by atoms with Crippen LogP contribution >= 0.6 is 7.59 Å². The van der Waals surface area contributed by atoms with Crippen LogP contribution in [0, 0.1) is 35.5 Å². The largest absolute Gasteiger partial charge is 0.313 e. The molecule has 0 unspecified atom stereocenters. The van der Waals surface area contributed by atoms with Gasteiger partial charge in [-0.15, -0.1) is 0 Å². The Bertz CT molecular complexity index is 779. The van der Waals surface area contributed by atoms with E-state index in [2.05, 4.69) is 27.4 Å². The molecule has 0 aliphatic heterocycles. The molecular formula is C26H38N3OP. The van der Waals surface area contributed by atoms with Crippen LogP contribution in [0.2, 0.25) is 0 Å². The van der Waals surface area contributed by atoms with E-state index in [0.717, 1.165) is 41.2 Å². The maximum absolute atomic E-state index is 14.8. The van der Waals surface area contributed by atoms with E-state index in [1.54, 1.807) is 0 Å². The Morgan fingerprint density at radius 2 is 0.968 bits per heavy atom. The topological polar surface area (TPSA) is 53.2 Å². The monoisotopic (exact) mass is 439 g/mol. The molecule has 9 rings (SSSR count). The standard InChI is InChI=1S/C26H38N3OP/c30-31(27-24-4-2-1-3-5-24,28-25-12-18-6-19(13-25)8-20(7-18)14-25)29-26-15-21-9-22(16-26)11-23(10-21)17-26/h1-5,18-23H,6-17H2,(H3,27,28,29,30). The Morgan fingerprint density at radius 1 is 0.613 bits per heavy atom. The van der Waals surface area contributed by atoms with Crippen molar-refractivity contribution in [3.8, 4) is 0 Å². The number of rotatable bonds is 6. The molecule has 0 heterocycles. The molecule has 8 fully saturated rings. The van der Waals surface area contributed by atoms with Gasteiger partial charge >= 0.3 is 7.59 Å². The summed E-state index contributed by atoms with van der Waals surface area (Å²) >= 11 is 0. The maximum Gasteiger partial charge on any atom is 0.304 e. The summed E-state index contributed by atoms with van der Waals surface area (Å²) in [5.41, 5.74) is 1.11. The molecule has 4 nitrogen and oxygen atoms in total. The van der Waals surface area contributed by atoms with Crippen LogP contribution in [0.3, 0.4) is 0 Å². The number of nitrogens with one attached hydrogen (secondary N) is 3. The summed E-state index contributed by atoms with van der Waals surface area (Å²) in [5, 5.41) is 11.3. The second-order valence-electron chi connectivity index (χ2n) is 12.7. The van der Waals surface area contributed by atoms with Gasteiger partial charge in [0.25, 0.3) is 0 Å². The van der Waals surface area contributed by atoms with E-state index in [1.807, 2.05) is 18.2 Å². The molecule has 8 aliphatic carbocycles. The van der Waals surface area contributed by atoms with Crippen LogP contribution in [0.25, 0.3) is 0 Å². The molecule has 8 bridgehead atoms. The zero-order valence-corrected chi connectivity index (χ0v) is 19.6. The normalized spacial score (nSPS) is 48.6. The van der Waals surface area contributed by atoms with Gasteiger partial charge in [-0.2, -0.15) is 0 Å². The van der Waals surface area contributed by atoms with Crippen molar-refractivity contribution in [3.05, 3.63) is 30.3 Å². The van der Waals surface area contributed by atoms with Gasteiger partial charge in [-0.3, -0.25) is 4.57 Å². The minimum absolute atomic E-state index is 0.0708. The fraction of sp³-hybridized carbons (Fsp3) is 0.769. The highest BCUT2D eigenvalue weighted by atomic mass is 31.2. The lowest BCUT2D eigenvalue weighted by Gasteiger charge is -2.60. The van der Waals surface area contributed by atoms with E-state index < -0.39 is 7.59 Å². The first-order chi connectivity index (χ1) is 15.0. The predicted octanol–water partition coefficient (Wildman–Crippen LogP) is 6.32. The fourth-order valence-electron chi connectivity index (χ4n) is 9.94. The number of hydrogen-bond donors (Lipinski definition) is 3. The molecule has 3 N–H and O–H groups in total. The van der Waals surface area contributed by atoms with E-state index in [-0.39, 0.29) is 11.1 Å². The molecule has 1 aromatic carbocycles. The Labute approximate surface area is 187 Å². The van der Waals surface area contributed by atoms with Crippen LogP contribution in [0.5, 0.6) is 0 Å². The van der Waals surface area contributed by atoms with Crippen molar-refractivity contribution in [1.29, 1.82) is 0 Å². The molecule has 8 aliphatic rings. The van der Waals surface area contributed by atoms with Gasteiger partial charge in [-0.25, -0.2) is 10.2 Å². The zero-order chi connectivity index (χ0) is 20.7. The third-order valence-corrected chi connectivity index (χ3v) is 12.1. The molecule has 0 saturated heterocycles. The molecule has 0 radical (unpaired) electrons. The molecule has 8 saturated carbocycles. The second kappa shape index (κ2) is 6.84. The average molecular weight is 440 g/mol. The van der Waals surface area contributed by atoms with Crippen LogP contribution in [0.15, 0.2) is 30.3 Å².